The Kier molecular flexibility index (Phi) is 9.68. The van der Waals surface area contributed by atoms with E-state index in [9.17, 15) is 14.4 Å². The van der Waals surface area contributed by atoms with Gasteiger partial charge >= 0.3 is 5.97 Å². The zero-order valence-corrected chi connectivity index (χ0v) is 14.8. The van der Waals surface area contributed by atoms with Crippen molar-refractivity contribution in [2.75, 3.05) is 13.7 Å². The Balaban J connectivity index is 0.00000529. The minimum Gasteiger partial charge on any atom is -0.465 e. The molecule has 24 heavy (non-hydrogen) atoms. The van der Waals surface area contributed by atoms with E-state index in [-0.39, 0.29) is 43.2 Å². The van der Waals surface area contributed by atoms with Crippen molar-refractivity contribution in [2.24, 2.45) is 11.7 Å². The van der Waals surface area contributed by atoms with Gasteiger partial charge in [-0.2, -0.15) is 0 Å². The summed E-state index contributed by atoms with van der Waals surface area (Å²) in [5, 5.41) is 5.15. The van der Waals surface area contributed by atoms with Crippen molar-refractivity contribution >= 4 is 30.2 Å². The van der Waals surface area contributed by atoms with Crippen LogP contribution in [0.15, 0.2) is 24.3 Å². The van der Waals surface area contributed by atoms with E-state index in [2.05, 4.69) is 15.4 Å². The van der Waals surface area contributed by atoms with Gasteiger partial charge in [0, 0.05) is 6.54 Å². The maximum absolute atomic E-state index is 11.7. The maximum Gasteiger partial charge on any atom is 0.337 e. The topological polar surface area (TPSA) is 111 Å². The van der Waals surface area contributed by atoms with E-state index in [0.717, 1.165) is 5.56 Å². The molecule has 0 radical (unpaired) electrons. The molecule has 0 unspecified atom stereocenters. The number of hydrogen-bond donors (Lipinski definition) is 3. The van der Waals surface area contributed by atoms with Crippen LogP contribution in [0.5, 0.6) is 0 Å². The number of carbonyl (C=O) groups excluding carboxylic acids is 3. The summed E-state index contributed by atoms with van der Waals surface area (Å²) >= 11 is 0. The minimum atomic E-state index is -0.639. The molecule has 0 saturated heterocycles. The zero-order chi connectivity index (χ0) is 17.4. The van der Waals surface area contributed by atoms with Crippen LogP contribution in [0.1, 0.15) is 29.8 Å². The normalized spacial score (nSPS) is 11.2. The van der Waals surface area contributed by atoms with E-state index in [1.165, 1.54) is 7.11 Å². The molecule has 8 heteroatoms. The van der Waals surface area contributed by atoms with E-state index >= 15 is 0 Å². The number of amides is 2. The fourth-order valence-electron chi connectivity index (χ4n) is 1.78. The van der Waals surface area contributed by atoms with Crippen LogP contribution in [0.3, 0.4) is 0 Å². The van der Waals surface area contributed by atoms with Gasteiger partial charge in [-0.1, -0.05) is 26.0 Å². The SMILES string of the molecule is COC(=O)c1cccc(CNC(=O)CNC(=O)[C@@H](N)C(C)C)c1.Cl. The molecule has 0 aliphatic carbocycles. The molecule has 0 aliphatic rings. The van der Waals surface area contributed by atoms with Gasteiger partial charge in [-0.25, -0.2) is 4.79 Å². The molecule has 0 aliphatic heterocycles. The molecule has 7 nitrogen and oxygen atoms in total. The van der Waals surface area contributed by atoms with Crippen LogP contribution in [0.4, 0.5) is 0 Å². The number of nitrogens with two attached hydrogens (primary N) is 1. The second-order valence-electron chi connectivity index (χ2n) is 5.46. The van der Waals surface area contributed by atoms with Crippen molar-refractivity contribution in [3.63, 3.8) is 0 Å². The number of rotatable bonds is 7. The fourth-order valence-corrected chi connectivity index (χ4v) is 1.78. The summed E-state index contributed by atoms with van der Waals surface area (Å²) in [6, 6.07) is 6.11. The molecular formula is C16H24ClN3O4. The predicted octanol–water partition coefficient (Wildman–Crippen LogP) is 0.611. The molecule has 0 fully saturated rings. The monoisotopic (exact) mass is 357 g/mol. The first-order valence-corrected chi connectivity index (χ1v) is 7.32. The van der Waals surface area contributed by atoms with E-state index in [0.29, 0.717) is 5.56 Å². The van der Waals surface area contributed by atoms with Gasteiger partial charge in [-0.05, 0) is 23.6 Å². The van der Waals surface area contributed by atoms with Crippen LogP contribution >= 0.6 is 12.4 Å². The lowest BCUT2D eigenvalue weighted by Crippen LogP contribution is -2.47. The third-order valence-electron chi connectivity index (χ3n) is 3.28. The molecule has 2 amide bonds. The Labute approximate surface area is 147 Å². The predicted molar refractivity (Wildman–Crippen MR) is 92.7 cm³/mol. The summed E-state index contributed by atoms with van der Waals surface area (Å²) < 4.78 is 4.64. The molecule has 1 aromatic carbocycles. The van der Waals surface area contributed by atoms with Crippen LogP contribution in [0.2, 0.25) is 0 Å². The van der Waals surface area contributed by atoms with Crippen molar-refractivity contribution in [3.05, 3.63) is 35.4 Å². The van der Waals surface area contributed by atoms with E-state index < -0.39 is 12.0 Å². The summed E-state index contributed by atoms with van der Waals surface area (Å²) in [5.41, 5.74) is 6.85. The first kappa shape index (κ1) is 21.9. The Morgan fingerprint density at radius 2 is 1.88 bits per heavy atom. The van der Waals surface area contributed by atoms with Gasteiger partial charge in [0.25, 0.3) is 0 Å². The number of hydrogen-bond acceptors (Lipinski definition) is 5. The molecule has 4 N–H and O–H groups in total. The third-order valence-corrected chi connectivity index (χ3v) is 3.28. The van der Waals surface area contributed by atoms with Crippen LogP contribution in [0, 0.1) is 5.92 Å². The lowest BCUT2D eigenvalue weighted by atomic mass is 10.1. The molecule has 0 saturated carbocycles. The second kappa shape index (κ2) is 10.6. The molecule has 1 rings (SSSR count). The first-order valence-electron chi connectivity index (χ1n) is 7.32. The van der Waals surface area contributed by atoms with Crippen LogP contribution in [0.25, 0.3) is 0 Å². The molecular weight excluding hydrogens is 334 g/mol. The lowest BCUT2D eigenvalue weighted by Gasteiger charge is -2.15. The highest BCUT2D eigenvalue weighted by atomic mass is 35.5. The van der Waals surface area contributed by atoms with Gasteiger partial charge in [-0.3, -0.25) is 9.59 Å². The zero-order valence-electron chi connectivity index (χ0n) is 14.0. The number of benzene rings is 1. The summed E-state index contributed by atoms with van der Waals surface area (Å²) in [5.74, 6) is -1.13. The number of esters is 1. The largest absolute Gasteiger partial charge is 0.465 e. The highest BCUT2D eigenvalue weighted by molar-refractivity contribution is 5.89. The Morgan fingerprint density at radius 1 is 1.21 bits per heavy atom. The fraction of sp³-hybridized carbons (Fsp3) is 0.438. The summed E-state index contributed by atoms with van der Waals surface area (Å²) in [4.78, 5) is 34.8. The van der Waals surface area contributed by atoms with Crippen LogP contribution < -0.4 is 16.4 Å². The quantitative estimate of drug-likeness (QED) is 0.619. The highest BCUT2D eigenvalue weighted by Gasteiger charge is 2.17. The smallest absolute Gasteiger partial charge is 0.337 e. The average Bonchev–Trinajstić information content (AvgIpc) is 2.56. The Morgan fingerprint density at radius 3 is 2.46 bits per heavy atom. The number of nitrogens with one attached hydrogen (secondary N) is 2. The number of carbonyl (C=O) groups is 3. The van der Waals surface area contributed by atoms with E-state index in [4.69, 9.17) is 5.73 Å². The number of ether oxygens (including phenoxy) is 1. The van der Waals surface area contributed by atoms with Gasteiger partial charge in [0.05, 0.1) is 25.3 Å². The third kappa shape index (κ3) is 6.97. The van der Waals surface area contributed by atoms with Crippen molar-refractivity contribution < 1.29 is 19.1 Å². The molecule has 1 atom stereocenters. The molecule has 0 spiro atoms. The molecule has 1 aromatic rings. The molecule has 0 aromatic heterocycles. The van der Waals surface area contributed by atoms with Gasteiger partial charge < -0.3 is 21.1 Å². The Hall–Kier alpha value is -2.12. The molecule has 0 bridgehead atoms. The molecule has 134 valence electrons. The van der Waals surface area contributed by atoms with Crippen molar-refractivity contribution in [2.45, 2.75) is 26.4 Å². The summed E-state index contributed by atoms with van der Waals surface area (Å²) in [7, 11) is 1.31. The van der Waals surface area contributed by atoms with Crippen molar-refractivity contribution in [3.8, 4) is 0 Å². The number of halogens is 1. The van der Waals surface area contributed by atoms with Gasteiger partial charge in [0.15, 0.2) is 0 Å². The van der Waals surface area contributed by atoms with E-state index in [1.54, 1.807) is 24.3 Å². The average molecular weight is 358 g/mol. The standard InChI is InChI=1S/C16H23N3O4.ClH/c1-10(2)14(17)15(21)19-9-13(20)18-8-11-5-4-6-12(7-11)16(22)23-3;/h4-7,10,14H,8-9,17H2,1-3H3,(H,18,20)(H,19,21);1H/t14-;/m0./s1. The highest BCUT2D eigenvalue weighted by Crippen LogP contribution is 2.06. The van der Waals surface area contributed by atoms with Crippen molar-refractivity contribution in [1.29, 1.82) is 0 Å². The van der Waals surface area contributed by atoms with Gasteiger partial charge in [0.2, 0.25) is 11.8 Å². The lowest BCUT2D eigenvalue weighted by molar-refractivity contribution is -0.127. The van der Waals surface area contributed by atoms with E-state index in [1.807, 2.05) is 13.8 Å². The summed E-state index contributed by atoms with van der Waals surface area (Å²) in [6.45, 7) is 3.77. The summed E-state index contributed by atoms with van der Waals surface area (Å²) in [6.07, 6.45) is 0. The minimum absolute atomic E-state index is 0. The molecule has 0 heterocycles. The van der Waals surface area contributed by atoms with Gasteiger partial charge in [-0.15, -0.1) is 12.4 Å². The van der Waals surface area contributed by atoms with Crippen LogP contribution in [-0.2, 0) is 20.9 Å². The second-order valence-corrected chi connectivity index (χ2v) is 5.46. The maximum atomic E-state index is 11.7. The van der Waals surface area contributed by atoms with Crippen LogP contribution in [-0.4, -0.2) is 37.5 Å². The number of methoxy groups -OCH3 is 1. The van der Waals surface area contributed by atoms with Crippen molar-refractivity contribution in [1.82, 2.24) is 10.6 Å². The first-order chi connectivity index (χ1) is 10.8. The van der Waals surface area contributed by atoms with Gasteiger partial charge in [0.1, 0.15) is 0 Å². The Bertz CT molecular complexity index is 578.